The molecule has 0 atom stereocenters. The van der Waals surface area contributed by atoms with E-state index < -0.39 is 11.7 Å². The lowest BCUT2D eigenvalue weighted by molar-refractivity contribution is -0.137. The molecule has 6 heteroatoms. The fourth-order valence-corrected chi connectivity index (χ4v) is 7.38. The van der Waals surface area contributed by atoms with Crippen LogP contribution in [0.5, 0.6) is 0 Å². The number of alkyl halides is 3. The fraction of sp³-hybridized carbons (Fsp3) is 0.140. The van der Waals surface area contributed by atoms with Crippen molar-refractivity contribution in [2.45, 2.75) is 40.8 Å². The number of aryl methyl sites for hydroxylation is 5. The second-order valence-electron chi connectivity index (χ2n) is 13.3. The lowest BCUT2D eigenvalue weighted by Gasteiger charge is -2.19. The standard InChI is InChI=1S/C43H32F3N3/c1-24-6-10-37-32(16-24)33-17-25(2)7-11-38(33)48(37)41-21-30(29-14-28(5)15-31(20-29)43(44,45)46)22-42(36(41)23-47)49-39-12-8-26(3)18-34(39)35-19-27(4)9-13-40(35)49/h6-22H,1-5H3. The summed E-state index contributed by atoms with van der Waals surface area (Å²) in [5.41, 5.74) is 10.5. The largest absolute Gasteiger partial charge is 0.416 e. The van der Waals surface area contributed by atoms with Crippen LogP contribution in [-0.4, -0.2) is 9.13 Å². The van der Waals surface area contributed by atoms with E-state index in [0.29, 0.717) is 33.6 Å². The van der Waals surface area contributed by atoms with Crippen LogP contribution >= 0.6 is 0 Å². The number of halogens is 3. The van der Waals surface area contributed by atoms with Gasteiger partial charge in [-0.05, 0) is 124 Å². The van der Waals surface area contributed by atoms with E-state index >= 15 is 0 Å². The highest BCUT2D eigenvalue weighted by molar-refractivity contribution is 6.11. The Hall–Kier alpha value is -5.80. The molecule has 0 amide bonds. The van der Waals surface area contributed by atoms with Gasteiger partial charge in [0.2, 0.25) is 0 Å². The van der Waals surface area contributed by atoms with Gasteiger partial charge >= 0.3 is 6.18 Å². The molecule has 0 radical (unpaired) electrons. The van der Waals surface area contributed by atoms with Crippen LogP contribution in [0.4, 0.5) is 13.2 Å². The number of aromatic nitrogens is 2. The van der Waals surface area contributed by atoms with E-state index in [1.165, 1.54) is 12.1 Å². The second kappa shape index (κ2) is 10.9. The Morgan fingerprint density at radius 1 is 0.469 bits per heavy atom. The maximum atomic E-state index is 14.2. The SMILES string of the molecule is Cc1cc(-c2cc(-n3c4ccc(C)cc4c4cc(C)ccc43)c(C#N)c(-n3c4ccc(C)cc4c4cc(C)ccc43)c2)cc(C(F)(F)F)c1. The number of nitriles is 1. The van der Waals surface area contributed by atoms with Crippen LogP contribution in [0, 0.1) is 45.9 Å². The van der Waals surface area contributed by atoms with Gasteiger partial charge in [0.1, 0.15) is 11.6 Å². The van der Waals surface area contributed by atoms with E-state index in [9.17, 15) is 18.4 Å². The van der Waals surface area contributed by atoms with Crippen LogP contribution in [0.1, 0.15) is 38.9 Å². The average molecular weight is 648 g/mol. The van der Waals surface area contributed by atoms with Crippen LogP contribution in [0.25, 0.3) is 66.1 Å². The van der Waals surface area contributed by atoms with Crippen molar-refractivity contribution in [2.24, 2.45) is 0 Å². The molecular formula is C43H32F3N3. The van der Waals surface area contributed by atoms with Crippen molar-refractivity contribution >= 4 is 43.6 Å². The lowest BCUT2D eigenvalue weighted by Crippen LogP contribution is -2.07. The van der Waals surface area contributed by atoms with Crippen molar-refractivity contribution in [1.29, 1.82) is 5.26 Å². The molecule has 0 aliphatic heterocycles. The molecule has 2 aromatic heterocycles. The molecule has 6 aromatic carbocycles. The van der Waals surface area contributed by atoms with Crippen LogP contribution in [0.3, 0.4) is 0 Å². The van der Waals surface area contributed by atoms with Gasteiger partial charge in [-0.2, -0.15) is 18.4 Å². The Kier molecular flexibility index (Phi) is 6.77. The van der Waals surface area contributed by atoms with E-state index in [0.717, 1.165) is 65.9 Å². The third-order valence-corrected chi connectivity index (χ3v) is 9.58. The summed E-state index contributed by atoms with van der Waals surface area (Å²) in [6, 6.07) is 35.5. The summed E-state index contributed by atoms with van der Waals surface area (Å²) in [5.74, 6) is 0. The molecular weight excluding hydrogens is 615 g/mol. The first-order valence-corrected chi connectivity index (χ1v) is 16.2. The molecule has 0 unspecified atom stereocenters. The first-order valence-electron chi connectivity index (χ1n) is 16.2. The van der Waals surface area contributed by atoms with Gasteiger partial charge in [0.25, 0.3) is 0 Å². The zero-order valence-corrected chi connectivity index (χ0v) is 27.8. The lowest BCUT2D eigenvalue weighted by atomic mass is 9.96. The molecule has 8 aromatic rings. The van der Waals surface area contributed by atoms with Gasteiger partial charge in [-0.25, -0.2) is 0 Å². The van der Waals surface area contributed by atoms with Crippen molar-refractivity contribution in [3.63, 3.8) is 0 Å². The fourth-order valence-electron chi connectivity index (χ4n) is 7.38. The Morgan fingerprint density at radius 3 is 1.18 bits per heavy atom. The minimum Gasteiger partial charge on any atom is -0.308 e. The summed E-state index contributed by atoms with van der Waals surface area (Å²) in [5, 5.41) is 15.3. The van der Waals surface area contributed by atoms with Crippen LogP contribution in [0.2, 0.25) is 0 Å². The summed E-state index contributed by atoms with van der Waals surface area (Å²) in [7, 11) is 0. The average Bonchev–Trinajstić information content (AvgIpc) is 3.54. The normalized spacial score (nSPS) is 12.1. The Morgan fingerprint density at radius 2 is 0.837 bits per heavy atom. The third-order valence-electron chi connectivity index (χ3n) is 9.58. The molecule has 0 bridgehead atoms. The van der Waals surface area contributed by atoms with Gasteiger partial charge in [-0.15, -0.1) is 0 Å². The summed E-state index contributed by atoms with van der Waals surface area (Å²) < 4.78 is 46.7. The first-order chi connectivity index (χ1) is 23.4. The molecule has 3 nitrogen and oxygen atoms in total. The van der Waals surface area contributed by atoms with Gasteiger partial charge in [0.05, 0.1) is 39.0 Å². The van der Waals surface area contributed by atoms with Crippen molar-refractivity contribution in [3.05, 3.63) is 142 Å². The third kappa shape index (κ3) is 4.88. The Balaban J connectivity index is 1.57. The predicted octanol–water partition coefficient (Wildman–Crippen LogP) is 12.0. The Bertz CT molecular complexity index is 2450. The maximum Gasteiger partial charge on any atom is 0.416 e. The minimum absolute atomic E-state index is 0.423. The molecule has 0 saturated carbocycles. The van der Waals surface area contributed by atoms with Crippen LogP contribution in [-0.2, 0) is 6.18 Å². The van der Waals surface area contributed by atoms with Gasteiger partial charge in [-0.1, -0.05) is 52.6 Å². The topological polar surface area (TPSA) is 33.6 Å². The van der Waals surface area contributed by atoms with Crippen molar-refractivity contribution in [2.75, 3.05) is 0 Å². The van der Waals surface area contributed by atoms with Gasteiger partial charge in [-0.3, -0.25) is 0 Å². The van der Waals surface area contributed by atoms with E-state index in [2.05, 4.69) is 116 Å². The van der Waals surface area contributed by atoms with Gasteiger partial charge in [0, 0.05) is 21.5 Å². The van der Waals surface area contributed by atoms with E-state index in [4.69, 9.17) is 0 Å². The van der Waals surface area contributed by atoms with Crippen LogP contribution in [0.15, 0.2) is 103 Å². The summed E-state index contributed by atoms with van der Waals surface area (Å²) in [4.78, 5) is 0. The van der Waals surface area contributed by atoms with E-state index in [1.54, 1.807) is 13.0 Å². The molecule has 240 valence electrons. The number of fused-ring (bicyclic) bond motifs is 6. The highest BCUT2D eigenvalue weighted by Gasteiger charge is 2.31. The highest BCUT2D eigenvalue weighted by atomic mass is 19.4. The number of hydrogen-bond donors (Lipinski definition) is 0. The zero-order chi connectivity index (χ0) is 34.4. The zero-order valence-electron chi connectivity index (χ0n) is 27.8. The number of hydrogen-bond acceptors (Lipinski definition) is 1. The second-order valence-corrected chi connectivity index (χ2v) is 13.3. The molecule has 0 spiro atoms. The molecule has 0 aliphatic carbocycles. The summed E-state index contributed by atoms with van der Waals surface area (Å²) >= 11 is 0. The Labute approximate surface area is 282 Å². The molecule has 8 rings (SSSR count). The van der Waals surface area contributed by atoms with Crippen LogP contribution < -0.4 is 0 Å². The number of rotatable bonds is 3. The smallest absolute Gasteiger partial charge is 0.308 e. The highest BCUT2D eigenvalue weighted by Crippen LogP contribution is 2.42. The summed E-state index contributed by atoms with van der Waals surface area (Å²) in [6.07, 6.45) is -4.51. The monoisotopic (exact) mass is 647 g/mol. The molecule has 0 N–H and O–H groups in total. The predicted molar refractivity (Wildman–Crippen MR) is 194 cm³/mol. The molecule has 2 heterocycles. The molecule has 0 fully saturated rings. The van der Waals surface area contributed by atoms with Crippen molar-refractivity contribution in [3.8, 4) is 28.6 Å². The van der Waals surface area contributed by atoms with Gasteiger partial charge < -0.3 is 9.13 Å². The molecule has 0 saturated heterocycles. The maximum absolute atomic E-state index is 14.2. The number of benzene rings is 6. The summed E-state index contributed by atoms with van der Waals surface area (Å²) in [6.45, 7) is 9.90. The minimum atomic E-state index is -4.51. The van der Waals surface area contributed by atoms with Crippen molar-refractivity contribution in [1.82, 2.24) is 9.13 Å². The van der Waals surface area contributed by atoms with Gasteiger partial charge in [0.15, 0.2) is 0 Å². The van der Waals surface area contributed by atoms with E-state index in [-0.39, 0.29) is 0 Å². The quantitative estimate of drug-likeness (QED) is 0.188. The van der Waals surface area contributed by atoms with E-state index in [1.807, 2.05) is 12.1 Å². The first kappa shape index (κ1) is 30.5. The number of nitrogens with zero attached hydrogens (tertiary/aromatic N) is 3. The van der Waals surface area contributed by atoms with Crippen molar-refractivity contribution < 1.29 is 13.2 Å². The molecule has 49 heavy (non-hydrogen) atoms. The molecule has 0 aliphatic rings.